The summed E-state index contributed by atoms with van der Waals surface area (Å²) in [6.45, 7) is 3.19. The normalized spacial score (nSPS) is 14.5. The van der Waals surface area contributed by atoms with E-state index in [-0.39, 0.29) is 24.3 Å². The molecule has 0 aliphatic heterocycles. The first-order valence-corrected chi connectivity index (χ1v) is 11.9. The van der Waals surface area contributed by atoms with Gasteiger partial charge in [-0.1, -0.05) is 42.0 Å². The number of rotatable bonds is 8. The van der Waals surface area contributed by atoms with E-state index in [2.05, 4.69) is 10.4 Å². The van der Waals surface area contributed by atoms with Gasteiger partial charge < -0.3 is 15.5 Å². The summed E-state index contributed by atoms with van der Waals surface area (Å²) in [6.07, 6.45) is 2.91. The maximum atomic E-state index is 12.6. The zero-order valence-electron chi connectivity index (χ0n) is 18.2. The molecule has 0 aliphatic carbocycles. The molecule has 0 radical (unpaired) electrons. The van der Waals surface area contributed by atoms with E-state index in [0.717, 1.165) is 22.9 Å². The molecule has 0 spiro atoms. The van der Waals surface area contributed by atoms with Crippen LogP contribution >= 0.6 is 0 Å². The predicted molar refractivity (Wildman–Crippen MR) is 122 cm³/mol. The van der Waals surface area contributed by atoms with Gasteiger partial charge in [0, 0.05) is 31.0 Å². The van der Waals surface area contributed by atoms with Crippen LogP contribution in [0, 0.1) is 6.92 Å². The van der Waals surface area contributed by atoms with Crippen molar-refractivity contribution in [1.29, 1.82) is 0 Å². The highest BCUT2D eigenvalue weighted by Crippen LogP contribution is 2.28. The number of phenolic OH excluding ortho intramolecular Hbond substituents is 1. The molecule has 2 atom stereocenters. The van der Waals surface area contributed by atoms with E-state index in [4.69, 9.17) is 0 Å². The summed E-state index contributed by atoms with van der Waals surface area (Å²) in [7, 11) is -3.68. The molecule has 1 aromatic heterocycles. The minimum Gasteiger partial charge on any atom is -0.507 e. The smallest absolute Gasteiger partial charge is 0.255 e. The number of carbonyl (C=O) groups excluding carboxylic acids is 1. The molecule has 8 nitrogen and oxygen atoms in total. The Morgan fingerprint density at radius 2 is 1.91 bits per heavy atom. The van der Waals surface area contributed by atoms with Gasteiger partial charge in [-0.2, -0.15) is 5.10 Å². The number of amides is 1. The van der Waals surface area contributed by atoms with Crippen molar-refractivity contribution < 1.29 is 23.4 Å². The molecule has 1 amide bonds. The molecule has 32 heavy (non-hydrogen) atoms. The van der Waals surface area contributed by atoms with Crippen molar-refractivity contribution in [3.63, 3.8) is 0 Å². The van der Waals surface area contributed by atoms with Crippen LogP contribution in [0.5, 0.6) is 5.75 Å². The predicted octanol–water partition coefficient (Wildman–Crippen LogP) is 2.68. The first kappa shape index (κ1) is 23.5. The fourth-order valence-corrected chi connectivity index (χ4v) is 4.12. The molecule has 0 fully saturated rings. The number of hydrogen-bond acceptors (Lipinski definition) is 6. The number of aromatic nitrogens is 2. The first-order chi connectivity index (χ1) is 15.0. The van der Waals surface area contributed by atoms with Gasteiger partial charge in [0.1, 0.15) is 12.0 Å². The maximum absolute atomic E-state index is 12.6. The van der Waals surface area contributed by atoms with Crippen LogP contribution < -0.4 is 5.32 Å². The number of carbonyl (C=O) groups is 1. The van der Waals surface area contributed by atoms with E-state index in [9.17, 15) is 23.4 Å². The van der Waals surface area contributed by atoms with Gasteiger partial charge in [0.2, 0.25) is 0 Å². The van der Waals surface area contributed by atoms with Crippen LogP contribution in [0.4, 0.5) is 0 Å². The van der Waals surface area contributed by atoms with Gasteiger partial charge in [0.25, 0.3) is 5.91 Å². The molecule has 170 valence electrons. The fourth-order valence-electron chi connectivity index (χ4n) is 3.34. The summed E-state index contributed by atoms with van der Waals surface area (Å²) in [5.41, 5.74) is 2.85. The molecular weight excluding hydrogens is 430 g/mol. The van der Waals surface area contributed by atoms with Crippen LogP contribution in [0.15, 0.2) is 60.9 Å². The average Bonchev–Trinajstić information content (AvgIpc) is 3.22. The number of phenols is 1. The van der Waals surface area contributed by atoms with Crippen LogP contribution in [0.25, 0.3) is 11.1 Å². The van der Waals surface area contributed by atoms with E-state index in [1.807, 2.05) is 31.2 Å². The number of benzene rings is 2. The minimum atomic E-state index is -3.68. The standard InChI is InChI=1S/C23H27N3O5S/c1-16-7-6-8-17(11-16)18-13-25-26(14-18)21(28)12-23(2,32(3,30)31)15-24-22(29)19-9-4-5-10-20(19)27/h4-11,13-14,21,27-28H,12,15H2,1-3H3,(H,24,29). The van der Waals surface area contributed by atoms with Gasteiger partial charge in [0.05, 0.1) is 16.5 Å². The Morgan fingerprint density at radius 1 is 1.19 bits per heavy atom. The van der Waals surface area contributed by atoms with E-state index in [1.165, 1.54) is 23.7 Å². The van der Waals surface area contributed by atoms with Gasteiger partial charge in [-0.3, -0.25) is 4.79 Å². The summed E-state index contributed by atoms with van der Waals surface area (Å²) < 4.78 is 25.0. The molecule has 0 bridgehead atoms. The molecule has 0 aliphatic rings. The van der Waals surface area contributed by atoms with E-state index in [0.29, 0.717) is 0 Å². The van der Waals surface area contributed by atoms with Crippen molar-refractivity contribution in [2.75, 3.05) is 12.8 Å². The number of aliphatic hydroxyl groups is 1. The van der Waals surface area contributed by atoms with E-state index >= 15 is 0 Å². The topological polar surface area (TPSA) is 122 Å². The monoisotopic (exact) mass is 457 g/mol. The van der Waals surface area contributed by atoms with Crippen molar-refractivity contribution in [1.82, 2.24) is 15.1 Å². The third-order valence-electron chi connectivity index (χ3n) is 5.54. The van der Waals surface area contributed by atoms with E-state index in [1.54, 1.807) is 24.5 Å². The zero-order valence-corrected chi connectivity index (χ0v) is 19.0. The number of nitrogens with zero attached hydrogens (tertiary/aromatic N) is 2. The molecule has 1 heterocycles. The quantitative estimate of drug-likeness (QED) is 0.478. The molecule has 3 aromatic rings. The third kappa shape index (κ3) is 5.17. The molecule has 2 unspecified atom stereocenters. The Balaban J connectivity index is 1.77. The molecule has 2 aromatic carbocycles. The van der Waals surface area contributed by atoms with Crippen molar-refractivity contribution in [2.45, 2.75) is 31.2 Å². The second kappa shape index (κ2) is 9.13. The lowest BCUT2D eigenvalue weighted by Gasteiger charge is -2.30. The summed E-state index contributed by atoms with van der Waals surface area (Å²) in [5, 5.41) is 27.3. The molecule has 3 N–H and O–H groups in total. The Morgan fingerprint density at radius 3 is 2.56 bits per heavy atom. The molecule has 0 saturated heterocycles. The van der Waals surface area contributed by atoms with Crippen LogP contribution in [-0.4, -0.2) is 51.9 Å². The highest BCUT2D eigenvalue weighted by Gasteiger charge is 2.39. The van der Waals surface area contributed by atoms with Crippen molar-refractivity contribution in [3.05, 3.63) is 72.1 Å². The number of sulfone groups is 1. The number of hydrogen-bond donors (Lipinski definition) is 3. The second-order valence-electron chi connectivity index (χ2n) is 8.19. The Kier molecular flexibility index (Phi) is 6.71. The Labute approximate surface area is 187 Å². The lowest BCUT2D eigenvalue weighted by molar-refractivity contribution is 0.0689. The van der Waals surface area contributed by atoms with Crippen molar-refractivity contribution in [3.8, 4) is 16.9 Å². The number of aryl methyl sites for hydroxylation is 1. The minimum absolute atomic E-state index is 0.0405. The van der Waals surface area contributed by atoms with Gasteiger partial charge >= 0.3 is 0 Å². The lowest BCUT2D eigenvalue weighted by atomic mass is 10.0. The Hall–Kier alpha value is -3.17. The van der Waals surface area contributed by atoms with Crippen LogP contribution in [-0.2, 0) is 9.84 Å². The first-order valence-electron chi connectivity index (χ1n) is 10.1. The van der Waals surface area contributed by atoms with Crippen molar-refractivity contribution >= 4 is 15.7 Å². The number of aromatic hydroxyl groups is 1. The SMILES string of the molecule is Cc1cccc(-c2cnn(C(O)CC(C)(CNC(=O)c3ccccc3O)S(C)(=O)=O)c2)c1. The van der Waals surface area contributed by atoms with Crippen LogP contribution in [0.2, 0.25) is 0 Å². The summed E-state index contributed by atoms with van der Waals surface area (Å²) in [6, 6.07) is 13.8. The van der Waals surface area contributed by atoms with Gasteiger partial charge in [-0.15, -0.1) is 0 Å². The van der Waals surface area contributed by atoms with Gasteiger partial charge in [-0.25, -0.2) is 13.1 Å². The molecule has 3 rings (SSSR count). The summed E-state index contributed by atoms with van der Waals surface area (Å²) in [5.74, 6) is -0.806. The largest absolute Gasteiger partial charge is 0.507 e. The fraction of sp³-hybridized carbons (Fsp3) is 0.304. The second-order valence-corrected chi connectivity index (χ2v) is 10.7. The Bertz CT molecular complexity index is 1220. The number of para-hydroxylation sites is 1. The summed E-state index contributed by atoms with van der Waals surface area (Å²) in [4.78, 5) is 12.4. The number of nitrogens with one attached hydrogen (secondary N) is 1. The highest BCUT2D eigenvalue weighted by atomic mass is 32.2. The third-order valence-corrected chi connectivity index (χ3v) is 7.64. The highest BCUT2D eigenvalue weighted by molar-refractivity contribution is 7.92. The lowest BCUT2D eigenvalue weighted by Crippen LogP contribution is -2.47. The van der Waals surface area contributed by atoms with E-state index < -0.39 is 26.7 Å². The van der Waals surface area contributed by atoms with Crippen molar-refractivity contribution in [2.24, 2.45) is 0 Å². The maximum Gasteiger partial charge on any atom is 0.255 e. The van der Waals surface area contributed by atoms with Gasteiger partial charge in [0.15, 0.2) is 9.84 Å². The molecule has 0 saturated carbocycles. The average molecular weight is 458 g/mol. The summed E-state index contributed by atoms with van der Waals surface area (Å²) >= 11 is 0. The number of aliphatic hydroxyl groups excluding tert-OH is 1. The van der Waals surface area contributed by atoms with Gasteiger partial charge in [-0.05, 0) is 31.5 Å². The van der Waals surface area contributed by atoms with Crippen LogP contribution in [0.1, 0.15) is 35.5 Å². The van der Waals surface area contributed by atoms with Crippen LogP contribution in [0.3, 0.4) is 0 Å². The molecule has 9 heteroatoms. The molecular formula is C23H27N3O5S. The zero-order chi connectivity index (χ0) is 23.5.